The molecule has 0 aliphatic carbocycles. The lowest BCUT2D eigenvalue weighted by atomic mass is 10.1. The molecule has 1 atom stereocenters. The molecule has 0 spiro atoms. The predicted molar refractivity (Wildman–Crippen MR) is 61.1 cm³/mol. The lowest BCUT2D eigenvalue weighted by molar-refractivity contribution is 0.233. The lowest BCUT2D eigenvalue weighted by Gasteiger charge is -2.14. The molecule has 1 fully saturated rings. The van der Waals surface area contributed by atoms with Gasteiger partial charge in [0.1, 0.15) is 0 Å². The van der Waals surface area contributed by atoms with E-state index in [2.05, 4.69) is 4.98 Å². The molecule has 1 aliphatic rings. The van der Waals surface area contributed by atoms with E-state index in [1.165, 1.54) is 10.5 Å². The molecule has 1 aromatic rings. The van der Waals surface area contributed by atoms with Gasteiger partial charge in [0, 0.05) is 19.7 Å². The predicted octanol–water partition coefficient (Wildman–Crippen LogP) is 0.799. The Balaban J connectivity index is 2.21. The number of rotatable bonds is 3. The summed E-state index contributed by atoms with van der Waals surface area (Å²) in [6, 6.07) is 0. The molecule has 0 radical (unpaired) electrons. The molecule has 1 saturated heterocycles. The molecule has 2 rings (SSSR count). The third-order valence-corrected chi connectivity index (χ3v) is 5.97. The van der Waals surface area contributed by atoms with Gasteiger partial charge >= 0.3 is 0 Å². The van der Waals surface area contributed by atoms with Gasteiger partial charge in [0.2, 0.25) is 0 Å². The minimum absolute atomic E-state index is 0.0233. The number of hydrogen-bond donors (Lipinski definition) is 1. The summed E-state index contributed by atoms with van der Waals surface area (Å²) < 4.78 is 25.9. The van der Waals surface area contributed by atoms with Gasteiger partial charge in [-0.05, 0) is 12.3 Å². The molecule has 0 saturated carbocycles. The summed E-state index contributed by atoms with van der Waals surface area (Å²) in [5.41, 5.74) is 0. The first-order valence-corrected chi connectivity index (χ1v) is 7.40. The number of aliphatic hydroxyl groups excluding tert-OH is 1. The van der Waals surface area contributed by atoms with Gasteiger partial charge in [0.15, 0.2) is 8.68 Å². The average Bonchev–Trinajstić information content (AvgIpc) is 2.85. The molecule has 2 heterocycles. The number of sulfonamides is 1. The van der Waals surface area contributed by atoms with Crippen LogP contribution in [0.15, 0.2) is 10.4 Å². The summed E-state index contributed by atoms with van der Waals surface area (Å²) in [4.78, 5) is 3.72. The molecule has 8 heteroatoms. The summed E-state index contributed by atoms with van der Waals surface area (Å²) >= 11 is 6.57. The van der Waals surface area contributed by atoms with Crippen molar-refractivity contribution in [2.45, 2.75) is 10.6 Å². The minimum atomic E-state index is -3.47. The smallest absolute Gasteiger partial charge is 0.254 e. The zero-order chi connectivity index (χ0) is 11.8. The Morgan fingerprint density at radius 2 is 2.44 bits per heavy atom. The SMILES string of the molecule is O=S(=O)(c1cnc(Cl)s1)N1CCC(CO)C1. The summed E-state index contributed by atoms with van der Waals surface area (Å²) in [6.45, 7) is 0.840. The maximum Gasteiger partial charge on any atom is 0.254 e. The Morgan fingerprint density at radius 1 is 1.69 bits per heavy atom. The normalized spacial score (nSPS) is 22.8. The Bertz CT molecular complexity index is 473. The van der Waals surface area contributed by atoms with E-state index in [0.717, 1.165) is 11.3 Å². The monoisotopic (exact) mass is 282 g/mol. The van der Waals surface area contributed by atoms with Crippen molar-refractivity contribution < 1.29 is 13.5 Å². The van der Waals surface area contributed by atoms with Crippen molar-refractivity contribution in [3.63, 3.8) is 0 Å². The number of nitrogens with zero attached hydrogens (tertiary/aromatic N) is 2. The fourth-order valence-corrected chi connectivity index (χ4v) is 4.63. The van der Waals surface area contributed by atoms with E-state index >= 15 is 0 Å². The van der Waals surface area contributed by atoms with Crippen LogP contribution in [0, 0.1) is 5.92 Å². The molecule has 0 bridgehead atoms. The van der Waals surface area contributed by atoms with Crippen LogP contribution >= 0.6 is 22.9 Å². The highest BCUT2D eigenvalue weighted by Crippen LogP contribution is 2.29. The van der Waals surface area contributed by atoms with Crippen molar-refractivity contribution >= 4 is 33.0 Å². The van der Waals surface area contributed by atoms with Crippen LogP contribution in [-0.4, -0.2) is 42.5 Å². The maximum absolute atomic E-state index is 12.1. The highest BCUT2D eigenvalue weighted by atomic mass is 35.5. The zero-order valence-electron chi connectivity index (χ0n) is 8.34. The molecule has 90 valence electrons. The molecule has 1 aliphatic heterocycles. The van der Waals surface area contributed by atoms with Crippen LogP contribution in [0.5, 0.6) is 0 Å². The molecule has 0 aromatic carbocycles. The van der Waals surface area contributed by atoms with Crippen molar-refractivity contribution in [1.29, 1.82) is 0 Å². The summed E-state index contributed by atoms with van der Waals surface area (Å²) in [6.07, 6.45) is 1.97. The van der Waals surface area contributed by atoms with Crippen molar-refractivity contribution in [3.8, 4) is 0 Å². The van der Waals surface area contributed by atoms with Crippen LogP contribution in [0.2, 0.25) is 4.47 Å². The fraction of sp³-hybridized carbons (Fsp3) is 0.625. The summed E-state index contributed by atoms with van der Waals surface area (Å²) in [5, 5.41) is 8.97. The summed E-state index contributed by atoms with van der Waals surface area (Å²) in [5.74, 6) is 0.0400. The Hall–Kier alpha value is -0.210. The second kappa shape index (κ2) is 4.58. The minimum Gasteiger partial charge on any atom is -0.396 e. The Kier molecular flexibility index (Phi) is 3.50. The first-order valence-electron chi connectivity index (χ1n) is 4.76. The van der Waals surface area contributed by atoms with Gasteiger partial charge in [-0.25, -0.2) is 13.4 Å². The molecule has 1 unspecified atom stereocenters. The lowest BCUT2D eigenvalue weighted by Crippen LogP contribution is -2.28. The fourth-order valence-electron chi connectivity index (χ4n) is 1.65. The van der Waals surface area contributed by atoms with E-state index in [4.69, 9.17) is 16.7 Å². The quantitative estimate of drug-likeness (QED) is 0.890. The molecule has 1 aromatic heterocycles. The van der Waals surface area contributed by atoms with Crippen LogP contribution in [0.1, 0.15) is 6.42 Å². The molecule has 5 nitrogen and oxygen atoms in total. The molecular weight excluding hydrogens is 272 g/mol. The van der Waals surface area contributed by atoms with E-state index in [9.17, 15) is 8.42 Å². The average molecular weight is 283 g/mol. The van der Waals surface area contributed by atoms with E-state index < -0.39 is 10.0 Å². The van der Waals surface area contributed by atoms with Gasteiger partial charge in [0.25, 0.3) is 10.0 Å². The Morgan fingerprint density at radius 3 is 2.94 bits per heavy atom. The van der Waals surface area contributed by atoms with Gasteiger partial charge in [0.05, 0.1) is 6.20 Å². The highest BCUT2D eigenvalue weighted by molar-refractivity contribution is 7.91. The van der Waals surface area contributed by atoms with Crippen molar-refractivity contribution in [2.75, 3.05) is 19.7 Å². The van der Waals surface area contributed by atoms with Gasteiger partial charge in [-0.15, -0.1) is 0 Å². The first kappa shape index (κ1) is 12.3. The number of aromatic nitrogens is 1. The second-order valence-electron chi connectivity index (χ2n) is 3.63. The van der Waals surface area contributed by atoms with Crippen molar-refractivity contribution in [3.05, 3.63) is 10.7 Å². The maximum atomic E-state index is 12.1. The van der Waals surface area contributed by atoms with Crippen LogP contribution in [0.3, 0.4) is 0 Å². The third kappa shape index (κ3) is 2.23. The highest BCUT2D eigenvalue weighted by Gasteiger charge is 2.33. The largest absolute Gasteiger partial charge is 0.396 e. The van der Waals surface area contributed by atoms with Crippen molar-refractivity contribution in [2.24, 2.45) is 5.92 Å². The number of aliphatic hydroxyl groups is 1. The van der Waals surface area contributed by atoms with E-state index in [1.54, 1.807) is 0 Å². The Labute approximate surface area is 103 Å². The molecule has 0 amide bonds. The standard InChI is InChI=1S/C8H11ClN2O3S2/c9-8-10-3-7(15-8)16(13,14)11-2-1-6(4-11)5-12/h3,6,12H,1-2,4-5H2. The van der Waals surface area contributed by atoms with Crippen LogP contribution in [0.25, 0.3) is 0 Å². The van der Waals surface area contributed by atoms with E-state index in [0.29, 0.717) is 19.5 Å². The van der Waals surface area contributed by atoms with E-state index in [-0.39, 0.29) is 21.2 Å². The molecule has 16 heavy (non-hydrogen) atoms. The number of thiazole rings is 1. The van der Waals surface area contributed by atoms with Gasteiger partial charge in [-0.2, -0.15) is 4.31 Å². The van der Waals surface area contributed by atoms with Crippen molar-refractivity contribution in [1.82, 2.24) is 9.29 Å². The summed E-state index contributed by atoms with van der Waals surface area (Å²) in [7, 11) is -3.47. The van der Waals surface area contributed by atoms with Gasteiger partial charge in [-0.1, -0.05) is 22.9 Å². The topological polar surface area (TPSA) is 70.5 Å². The number of hydrogen-bond acceptors (Lipinski definition) is 5. The third-order valence-electron chi connectivity index (χ3n) is 2.56. The van der Waals surface area contributed by atoms with Gasteiger partial charge < -0.3 is 5.11 Å². The van der Waals surface area contributed by atoms with Crippen LogP contribution in [0.4, 0.5) is 0 Å². The van der Waals surface area contributed by atoms with Crippen LogP contribution in [-0.2, 0) is 10.0 Å². The zero-order valence-corrected chi connectivity index (χ0v) is 10.7. The van der Waals surface area contributed by atoms with Crippen LogP contribution < -0.4 is 0 Å². The first-order chi connectivity index (χ1) is 7.54. The number of halogens is 1. The molecular formula is C8H11ClN2O3S2. The van der Waals surface area contributed by atoms with E-state index in [1.807, 2.05) is 0 Å². The molecule has 1 N–H and O–H groups in total. The second-order valence-corrected chi connectivity index (χ2v) is 7.41. The van der Waals surface area contributed by atoms with Gasteiger partial charge in [-0.3, -0.25) is 0 Å².